The minimum Gasteiger partial charge on any atom is -0.550 e. The molecule has 0 bridgehead atoms. The third kappa shape index (κ3) is 5.82. The molecule has 0 aliphatic carbocycles. The number of carbonyl (C=O) groups excluding carboxylic acids is 2. The second-order valence-corrected chi connectivity index (χ2v) is 4.86. The number of amides is 1. The Morgan fingerprint density at radius 3 is 2.67 bits per heavy atom. The number of nitrogens with one attached hydrogen (secondary N) is 1. The summed E-state index contributed by atoms with van der Waals surface area (Å²) in [7, 11) is 0. The molecular weight excluding hydrogens is 298 g/mol. The molecule has 0 atom stereocenters. The summed E-state index contributed by atoms with van der Waals surface area (Å²) in [5, 5.41) is 13.0. The van der Waals surface area contributed by atoms with Gasteiger partial charge in [-0.1, -0.05) is 28.4 Å². The highest BCUT2D eigenvalue weighted by atomic mass is 79.9. The zero-order chi connectivity index (χ0) is 13.4. The van der Waals surface area contributed by atoms with Crippen LogP contribution in [0.3, 0.4) is 0 Å². The van der Waals surface area contributed by atoms with Crippen LogP contribution in [0.15, 0.2) is 28.7 Å². The first kappa shape index (κ1) is 14.7. The SMILES string of the molecule is O=C([O-])CCCCCNC(=O)c1cccc(Br)c1. The number of halogens is 1. The van der Waals surface area contributed by atoms with Crippen LogP contribution in [0.1, 0.15) is 36.0 Å². The highest BCUT2D eigenvalue weighted by molar-refractivity contribution is 9.10. The lowest BCUT2D eigenvalue weighted by Gasteiger charge is -2.06. The van der Waals surface area contributed by atoms with Crippen LogP contribution in [-0.4, -0.2) is 18.4 Å². The number of carbonyl (C=O) groups is 2. The summed E-state index contributed by atoms with van der Waals surface area (Å²) in [6.07, 6.45) is 2.22. The molecule has 0 aromatic heterocycles. The Kier molecular flexibility index (Phi) is 6.43. The van der Waals surface area contributed by atoms with Gasteiger partial charge in [0.05, 0.1) is 0 Å². The van der Waals surface area contributed by atoms with Gasteiger partial charge < -0.3 is 15.2 Å². The number of carboxylic acids is 1. The Bertz CT molecular complexity index is 420. The molecule has 0 aliphatic rings. The van der Waals surface area contributed by atoms with Gasteiger partial charge in [-0.25, -0.2) is 0 Å². The van der Waals surface area contributed by atoms with E-state index in [1.54, 1.807) is 18.2 Å². The smallest absolute Gasteiger partial charge is 0.251 e. The van der Waals surface area contributed by atoms with Gasteiger partial charge in [0.15, 0.2) is 0 Å². The van der Waals surface area contributed by atoms with E-state index in [1.165, 1.54) is 0 Å². The molecule has 0 aliphatic heterocycles. The number of unbranched alkanes of at least 4 members (excludes halogenated alkanes) is 2. The lowest BCUT2D eigenvalue weighted by Crippen LogP contribution is -2.24. The van der Waals surface area contributed by atoms with Crippen molar-refractivity contribution in [1.29, 1.82) is 0 Å². The Balaban J connectivity index is 2.20. The van der Waals surface area contributed by atoms with Gasteiger partial charge in [-0.15, -0.1) is 0 Å². The highest BCUT2D eigenvalue weighted by Gasteiger charge is 2.04. The topological polar surface area (TPSA) is 69.2 Å². The maximum atomic E-state index is 11.7. The van der Waals surface area contributed by atoms with Crippen molar-refractivity contribution in [2.75, 3.05) is 6.54 Å². The summed E-state index contributed by atoms with van der Waals surface area (Å²) in [6, 6.07) is 7.16. The average molecular weight is 313 g/mol. The van der Waals surface area contributed by atoms with Gasteiger partial charge in [0.25, 0.3) is 5.91 Å². The molecule has 98 valence electrons. The minimum absolute atomic E-state index is 0.0829. The molecule has 1 amide bonds. The van der Waals surface area contributed by atoms with Crippen LogP contribution < -0.4 is 10.4 Å². The molecule has 0 fully saturated rings. The number of aliphatic carboxylic acids is 1. The van der Waals surface area contributed by atoms with E-state index in [1.807, 2.05) is 6.07 Å². The molecule has 1 aromatic carbocycles. The summed E-state index contributed by atoms with van der Waals surface area (Å²) in [5.74, 6) is -1.13. The van der Waals surface area contributed by atoms with Gasteiger partial charge in [0, 0.05) is 22.6 Å². The summed E-state index contributed by atoms with van der Waals surface area (Å²) >= 11 is 3.30. The average Bonchev–Trinajstić information content (AvgIpc) is 2.33. The summed E-state index contributed by atoms with van der Waals surface area (Å²) in [4.78, 5) is 21.9. The van der Waals surface area contributed by atoms with E-state index < -0.39 is 5.97 Å². The maximum Gasteiger partial charge on any atom is 0.251 e. The second-order valence-electron chi connectivity index (χ2n) is 3.95. The van der Waals surface area contributed by atoms with Gasteiger partial charge in [-0.05, 0) is 37.5 Å². The van der Waals surface area contributed by atoms with E-state index in [2.05, 4.69) is 21.2 Å². The lowest BCUT2D eigenvalue weighted by molar-refractivity contribution is -0.305. The summed E-state index contributed by atoms with van der Waals surface area (Å²) < 4.78 is 0.865. The Hall–Kier alpha value is -1.36. The fourth-order valence-electron chi connectivity index (χ4n) is 1.50. The lowest BCUT2D eigenvalue weighted by atomic mass is 10.2. The zero-order valence-electron chi connectivity index (χ0n) is 9.95. The standard InChI is InChI=1S/C13H16BrNO3/c14-11-6-4-5-10(9-11)13(18)15-8-3-1-2-7-12(16)17/h4-6,9H,1-3,7-8H2,(H,15,18)(H,16,17)/p-1. The van der Waals surface area contributed by atoms with E-state index >= 15 is 0 Å². The number of hydrogen-bond donors (Lipinski definition) is 1. The fourth-order valence-corrected chi connectivity index (χ4v) is 1.90. The van der Waals surface area contributed by atoms with Gasteiger partial charge in [-0.3, -0.25) is 4.79 Å². The number of carboxylic acid groups (broad SMARTS) is 1. The molecule has 18 heavy (non-hydrogen) atoms. The van der Waals surface area contributed by atoms with Crippen LogP contribution in [0.5, 0.6) is 0 Å². The molecule has 0 radical (unpaired) electrons. The second kappa shape index (κ2) is 7.87. The van der Waals surface area contributed by atoms with Gasteiger partial charge >= 0.3 is 0 Å². The zero-order valence-corrected chi connectivity index (χ0v) is 11.5. The van der Waals surface area contributed by atoms with Crippen molar-refractivity contribution in [2.24, 2.45) is 0 Å². The number of rotatable bonds is 7. The third-order valence-corrected chi connectivity index (χ3v) is 2.92. The molecule has 0 unspecified atom stereocenters. The molecule has 4 nitrogen and oxygen atoms in total. The van der Waals surface area contributed by atoms with Crippen molar-refractivity contribution < 1.29 is 14.7 Å². The van der Waals surface area contributed by atoms with Crippen molar-refractivity contribution in [3.63, 3.8) is 0 Å². The first-order valence-corrected chi connectivity index (χ1v) is 6.62. The van der Waals surface area contributed by atoms with Crippen molar-refractivity contribution in [2.45, 2.75) is 25.7 Å². The summed E-state index contributed by atoms with van der Waals surface area (Å²) in [5.41, 5.74) is 0.610. The molecule has 5 heteroatoms. The third-order valence-electron chi connectivity index (χ3n) is 2.43. The minimum atomic E-state index is -1.02. The fraction of sp³-hybridized carbons (Fsp3) is 0.385. The monoisotopic (exact) mass is 312 g/mol. The Labute approximate surface area is 115 Å². The van der Waals surface area contributed by atoms with E-state index in [4.69, 9.17) is 0 Å². The van der Waals surface area contributed by atoms with Crippen molar-refractivity contribution in [3.8, 4) is 0 Å². The van der Waals surface area contributed by atoms with Crippen LogP contribution in [-0.2, 0) is 4.79 Å². The van der Waals surface area contributed by atoms with E-state index in [0.29, 0.717) is 18.5 Å². The molecule has 0 spiro atoms. The van der Waals surface area contributed by atoms with Gasteiger partial charge in [0.2, 0.25) is 0 Å². The van der Waals surface area contributed by atoms with Crippen LogP contribution in [0.2, 0.25) is 0 Å². The maximum absolute atomic E-state index is 11.7. The van der Waals surface area contributed by atoms with Crippen molar-refractivity contribution >= 4 is 27.8 Å². The van der Waals surface area contributed by atoms with Crippen LogP contribution in [0, 0.1) is 0 Å². The molecule has 1 rings (SSSR count). The van der Waals surface area contributed by atoms with Crippen molar-refractivity contribution in [3.05, 3.63) is 34.3 Å². The van der Waals surface area contributed by atoms with E-state index in [-0.39, 0.29) is 12.3 Å². The molecule has 0 saturated carbocycles. The van der Waals surface area contributed by atoms with Crippen LogP contribution in [0.4, 0.5) is 0 Å². The molecule has 0 saturated heterocycles. The number of hydrogen-bond acceptors (Lipinski definition) is 3. The van der Waals surface area contributed by atoms with E-state index in [9.17, 15) is 14.7 Å². The quantitative estimate of drug-likeness (QED) is 0.775. The number of benzene rings is 1. The first-order valence-electron chi connectivity index (χ1n) is 5.83. The molecule has 0 heterocycles. The Morgan fingerprint density at radius 1 is 1.22 bits per heavy atom. The van der Waals surface area contributed by atoms with Crippen molar-refractivity contribution in [1.82, 2.24) is 5.32 Å². The highest BCUT2D eigenvalue weighted by Crippen LogP contribution is 2.11. The largest absolute Gasteiger partial charge is 0.550 e. The van der Waals surface area contributed by atoms with Crippen LogP contribution >= 0.6 is 15.9 Å². The normalized spacial score (nSPS) is 10.1. The molecule has 1 aromatic rings. The van der Waals surface area contributed by atoms with Crippen LogP contribution in [0.25, 0.3) is 0 Å². The predicted octanol–water partition coefficient (Wildman–Crippen LogP) is 1.49. The Morgan fingerprint density at radius 2 is 2.00 bits per heavy atom. The van der Waals surface area contributed by atoms with E-state index in [0.717, 1.165) is 17.3 Å². The molecule has 1 N–H and O–H groups in total. The predicted molar refractivity (Wildman–Crippen MR) is 70.0 cm³/mol. The van der Waals surface area contributed by atoms with Gasteiger partial charge in [0.1, 0.15) is 0 Å². The first-order chi connectivity index (χ1) is 8.59. The summed E-state index contributed by atoms with van der Waals surface area (Å²) in [6.45, 7) is 0.554. The van der Waals surface area contributed by atoms with Gasteiger partial charge in [-0.2, -0.15) is 0 Å². The molecular formula is C13H15BrNO3-.